The monoisotopic (exact) mass is 679 g/mol. The Balaban J connectivity index is 1.11. The molecule has 0 amide bonds. The average Bonchev–Trinajstić information content (AvgIpc) is 3.62. The Hall–Kier alpha value is -6.48. The fourth-order valence-corrected chi connectivity index (χ4v) is 9.01. The van der Waals surface area contributed by atoms with E-state index in [9.17, 15) is 0 Å². The summed E-state index contributed by atoms with van der Waals surface area (Å²) in [6.45, 7) is 0. The molecule has 52 heavy (non-hydrogen) atoms. The van der Waals surface area contributed by atoms with Crippen LogP contribution in [0.5, 0.6) is 0 Å². The molecule has 0 spiro atoms. The predicted molar refractivity (Wildman–Crippen MR) is 225 cm³/mol. The summed E-state index contributed by atoms with van der Waals surface area (Å²) < 4.78 is 2.67. The molecule has 0 saturated carbocycles. The van der Waals surface area contributed by atoms with Crippen LogP contribution < -0.4 is 4.90 Å². The molecule has 0 saturated heterocycles. The van der Waals surface area contributed by atoms with Crippen LogP contribution in [0, 0.1) is 0 Å². The maximum Gasteiger partial charge on any atom is 0.0467 e. The van der Waals surface area contributed by atoms with Crippen molar-refractivity contribution in [3.63, 3.8) is 0 Å². The zero-order chi connectivity index (χ0) is 34.4. The molecule has 0 aliphatic carbocycles. The Morgan fingerprint density at radius 2 is 0.904 bits per heavy atom. The van der Waals surface area contributed by atoms with Gasteiger partial charge in [0.2, 0.25) is 0 Å². The summed E-state index contributed by atoms with van der Waals surface area (Å²) in [6, 6.07) is 72.8. The Morgan fingerprint density at radius 3 is 1.67 bits per heavy atom. The van der Waals surface area contributed by atoms with Crippen LogP contribution in [0.2, 0.25) is 0 Å². The van der Waals surface area contributed by atoms with Gasteiger partial charge in [-0.1, -0.05) is 152 Å². The number of hydrogen-bond donors (Lipinski definition) is 0. The number of benzene rings is 9. The van der Waals surface area contributed by atoms with Crippen molar-refractivity contribution in [2.24, 2.45) is 0 Å². The fraction of sp³-hybridized carbons (Fsp3) is 0. The predicted octanol–water partition coefficient (Wildman–Crippen LogP) is 14.8. The van der Waals surface area contributed by atoms with Crippen molar-refractivity contribution in [2.75, 3.05) is 4.90 Å². The van der Waals surface area contributed by atoms with E-state index in [2.05, 4.69) is 205 Å². The van der Waals surface area contributed by atoms with Gasteiger partial charge in [-0.2, -0.15) is 0 Å². The van der Waals surface area contributed by atoms with Gasteiger partial charge in [-0.25, -0.2) is 0 Å². The minimum Gasteiger partial charge on any atom is -0.310 e. The van der Waals surface area contributed by atoms with E-state index in [0.717, 1.165) is 17.1 Å². The molecule has 0 aliphatic rings. The minimum atomic E-state index is 1.11. The number of hydrogen-bond acceptors (Lipinski definition) is 2. The molecule has 0 unspecified atom stereocenters. The third kappa shape index (κ3) is 5.24. The molecular weight excluding hydrogens is 647 g/mol. The molecule has 1 nitrogen and oxygen atoms in total. The van der Waals surface area contributed by atoms with E-state index in [1.807, 2.05) is 11.3 Å². The van der Waals surface area contributed by atoms with Gasteiger partial charge >= 0.3 is 0 Å². The van der Waals surface area contributed by atoms with E-state index in [-0.39, 0.29) is 0 Å². The van der Waals surface area contributed by atoms with Crippen LogP contribution in [0.4, 0.5) is 17.1 Å². The van der Waals surface area contributed by atoms with Gasteiger partial charge in [-0.15, -0.1) is 11.3 Å². The van der Waals surface area contributed by atoms with E-state index in [4.69, 9.17) is 0 Å². The first-order chi connectivity index (χ1) is 25.8. The van der Waals surface area contributed by atoms with Crippen LogP contribution in [0.25, 0.3) is 75.1 Å². The molecule has 0 fully saturated rings. The van der Waals surface area contributed by atoms with Gasteiger partial charge in [-0.3, -0.25) is 0 Å². The molecule has 0 aliphatic heterocycles. The normalized spacial score (nSPS) is 11.5. The van der Waals surface area contributed by atoms with E-state index >= 15 is 0 Å². The standard InChI is InChI=1S/C50H33NS/c1-2-12-34(13-3-1)38-17-10-18-42(32-38)51(40-28-24-36(25-29-40)44-22-11-16-35-14-4-6-19-43(35)44)41-30-26-37(27-31-41)47-33-39-15-5-7-20-45(39)50-49(47)46-21-8-9-23-48(46)52-50/h1-33H. The summed E-state index contributed by atoms with van der Waals surface area (Å²) in [5.74, 6) is 0. The highest BCUT2D eigenvalue weighted by molar-refractivity contribution is 7.26. The van der Waals surface area contributed by atoms with Crippen LogP contribution in [0.15, 0.2) is 200 Å². The fourth-order valence-electron chi connectivity index (χ4n) is 7.75. The second-order valence-corrected chi connectivity index (χ2v) is 14.4. The van der Waals surface area contributed by atoms with Crippen molar-refractivity contribution in [3.8, 4) is 33.4 Å². The first-order valence-corrected chi connectivity index (χ1v) is 18.6. The van der Waals surface area contributed by atoms with Crippen molar-refractivity contribution in [1.82, 2.24) is 0 Å². The van der Waals surface area contributed by atoms with Crippen LogP contribution in [-0.2, 0) is 0 Å². The summed E-state index contributed by atoms with van der Waals surface area (Å²) >= 11 is 1.89. The third-order valence-corrected chi connectivity index (χ3v) is 11.4. The second kappa shape index (κ2) is 12.7. The Morgan fingerprint density at radius 1 is 0.327 bits per heavy atom. The zero-order valence-corrected chi connectivity index (χ0v) is 29.2. The van der Waals surface area contributed by atoms with Crippen molar-refractivity contribution in [1.29, 1.82) is 0 Å². The average molecular weight is 680 g/mol. The second-order valence-electron chi connectivity index (χ2n) is 13.3. The van der Waals surface area contributed by atoms with Crippen LogP contribution in [0.1, 0.15) is 0 Å². The van der Waals surface area contributed by atoms with E-state index < -0.39 is 0 Å². The number of anilines is 3. The molecule has 1 aromatic heterocycles. The van der Waals surface area contributed by atoms with Crippen LogP contribution in [0.3, 0.4) is 0 Å². The number of nitrogens with zero attached hydrogens (tertiary/aromatic N) is 1. The van der Waals surface area contributed by atoms with Gasteiger partial charge < -0.3 is 4.90 Å². The first-order valence-electron chi connectivity index (χ1n) is 17.8. The van der Waals surface area contributed by atoms with Crippen molar-refractivity contribution >= 4 is 70.1 Å². The third-order valence-electron chi connectivity index (χ3n) is 10.2. The number of fused-ring (bicyclic) bond motifs is 6. The molecule has 9 aromatic carbocycles. The molecule has 2 heteroatoms. The van der Waals surface area contributed by atoms with Crippen molar-refractivity contribution in [2.45, 2.75) is 0 Å². The van der Waals surface area contributed by atoms with Crippen LogP contribution in [-0.4, -0.2) is 0 Å². The molecule has 0 bridgehead atoms. The van der Waals surface area contributed by atoms with E-state index in [1.54, 1.807) is 0 Å². The van der Waals surface area contributed by atoms with Gasteiger partial charge in [0, 0.05) is 37.2 Å². The van der Waals surface area contributed by atoms with Crippen molar-refractivity contribution < 1.29 is 0 Å². The SMILES string of the molecule is c1ccc(-c2cccc(N(c3ccc(-c4cccc5ccccc45)cc3)c3ccc(-c4cc5ccccc5c5sc6ccccc6c45)cc3)c2)cc1. The maximum atomic E-state index is 2.37. The molecule has 244 valence electrons. The van der Waals surface area contributed by atoms with Gasteiger partial charge in [0.1, 0.15) is 0 Å². The molecule has 0 atom stereocenters. The number of thiophene rings is 1. The molecule has 1 heterocycles. The lowest BCUT2D eigenvalue weighted by molar-refractivity contribution is 1.28. The maximum absolute atomic E-state index is 2.37. The molecule has 10 rings (SSSR count). The highest BCUT2D eigenvalue weighted by Crippen LogP contribution is 2.45. The lowest BCUT2D eigenvalue weighted by atomic mass is 9.95. The summed E-state index contributed by atoms with van der Waals surface area (Å²) in [5.41, 5.74) is 10.7. The zero-order valence-electron chi connectivity index (χ0n) is 28.4. The highest BCUT2D eigenvalue weighted by atomic mass is 32.1. The van der Waals surface area contributed by atoms with E-state index in [1.165, 1.54) is 75.1 Å². The summed E-state index contributed by atoms with van der Waals surface area (Å²) in [5, 5.41) is 7.76. The largest absolute Gasteiger partial charge is 0.310 e. The summed E-state index contributed by atoms with van der Waals surface area (Å²) in [6.07, 6.45) is 0. The number of rotatable bonds is 6. The molecular formula is C50H33NS. The lowest BCUT2D eigenvalue weighted by Crippen LogP contribution is -2.10. The Labute approximate surface area is 307 Å². The van der Waals surface area contributed by atoms with E-state index in [0.29, 0.717) is 0 Å². The summed E-state index contributed by atoms with van der Waals surface area (Å²) in [4.78, 5) is 2.37. The Bertz CT molecular complexity index is 2880. The smallest absolute Gasteiger partial charge is 0.0467 e. The lowest BCUT2D eigenvalue weighted by Gasteiger charge is -2.26. The topological polar surface area (TPSA) is 3.24 Å². The molecule has 0 N–H and O–H groups in total. The van der Waals surface area contributed by atoms with Gasteiger partial charge in [0.05, 0.1) is 0 Å². The summed E-state index contributed by atoms with van der Waals surface area (Å²) in [7, 11) is 0. The first kappa shape index (κ1) is 30.4. The highest BCUT2D eigenvalue weighted by Gasteiger charge is 2.17. The van der Waals surface area contributed by atoms with Gasteiger partial charge in [0.25, 0.3) is 0 Å². The van der Waals surface area contributed by atoms with Crippen LogP contribution >= 0.6 is 11.3 Å². The van der Waals surface area contributed by atoms with Gasteiger partial charge in [0.15, 0.2) is 0 Å². The quantitative estimate of drug-likeness (QED) is 0.169. The molecule has 10 aromatic rings. The van der Waals surface area contributed by atoms with Crippen molar-refractivity contribution in [3.05, 3.63) is 200 Å². The minimum absolute atomic E-state index is 1.11. The molecule has 0 radical (unpaired) electrons. The van der Waals surface area contributed by atoms with Gasteiger partial charge in [-0.05, 0) is 103 Å². The Kier molecular flexibility index (Phi) is 7.41.